The highest BCUT2D eigenvalue weighted by molar-refractivity contribution is 7.99. The fourth-order valence-electron chi connectivity index (χ4n) is 4.01. The first-order valence-corrected chi connectivity index (χ1v) is 13.4. The molecule has 1 amide bonds. The fourth-order valence-corrected chi connectivity index (χ4v) is 5.12. The lowest BCUT2D eigenvalue weighted by molar-refractivity contribution is -0.119. The Morgan fingerprint density at radius 2 is 1.76 bits per heavy atom. The van der Waals surface area contributed by atoms with E-state index in [1.165, 1.54) is 47.6 Å². The summed E-state index contributed by atoms with van der Waals surface area (Å²) < 4.78 is 1.52. The zero-order valence-electron chi connectivity index (χ0n) is 21.1. The Kier molecular flexibility index (Phi) is 11.7. The molecule has 1 atom stereocenters. The third-order valence-corrected chi connectivity index (χ3v) is 6.97. The second-order valence-corrected chi connectivity index (χ2v) is 10.3. The van der Waals surface area contributed by atoms with E-state index in [-0.39, 0.29) is 18.0 Å². The summed E-state index contributed by atoms with van der Waals surface area (Å²) in [6.07, 6.45) is 8.65. The highest BCUT2D eigenvalue weighted by Gasteiger charge is 2.19. The summed E-state index contributed by atoms with van der Waals surface area (Å²) >= 11 is 1.88. The van der Waals surface area contributed by atoms with E-state index in [4.69, 9.17) is 0 Å². The fraction of sp³-hybridized carbons (Fsp3) is 0.593. The van der Waals surface area contributed by atoms with Crippen LogP contribution >= 0.6 is 11.8 Å². The molecule has 0 saturated heterocycles. The van der Waals surface area contributed by atoms with Gasteiger partial charge in [0.05, 0.1) is 0 Å². The number of anilines is 1. The van der Waals surface area contributed by atoms with Gasteiger partial charge in [-0.25, -0.2) is 4.98 Å². The minimum absolute atomic E-state index is 0.0221. The van der Waals surface area contributed by atoms with E-state index in [1.807, 2.05) is 42.6 Å². The monoisotopic (exact) mass is 471 g/mol. The molecule has 0 bridgehead atoms. The number of carbonyl (C=O) groups is 1. The van der Waals surface area contributed by atoms with Gasteiger partial charge in [0.15, 0.2) is 0 Å². The highest BCUT2D eigenvalue weighted by Crippen LogP contribution is 2.28. The standard InChI is InChI=1S/C27H41N3O2S/c1-6-9-10-11-12-18-29(23-14-16-24(17-15-23)33-22(5)13-7-2)27(32)20-30-25(8-3)28-21(4)19-26(30)31/h14-17,19,22H,6-13,18,20H2,1-5H3. The molecule has 182 valence electrons. The van der Waals surface area contributed by atoms with Crippen LogP contribution in [0.15, 0.2) is 40.0 Å². The number of hydrogen-bond acceptors (Lipinski definition) is 4. The molecular weight excluding hydrogens is 430 g/mol. The molecule has 0 fully saturated rings. The number of aryl methyl sites for hydroxylation is 2. The molecule has 0 saturated carbocycles. The topological polar surface area (TPSA) is 55.2 Å². The molecule has 0 radical (unpaired) electrons. The average Bonchev–Trinajstić information content (AvgIpc) is 2.78. The highest BCUT2D eigenvalue weighted by atomic mass is 32.2. The van der Waals surface area contributed by atoms with Crippen LogP contribution in [0.1, 0.15) is 84.2 Å². The van der Waals surface area contributed by atoms with Gasteiger partial charge in [0.25, 0.3) is 5.56 Å². The number of unbranched alkanes of at least 4 members (excludes halogenated alkanes) is 4. The predicted octanol–water partition coefficient (Wildman–Crippen LogP) is 6.40. The van der Waals surface area contributed by atoms with E-state index >= 15 is 0 Å². The van der Waals surface area contributed by atoms with E-state index in [0.717, 1.165) is 18.5 Å². The maximum Gasteiger partial charge on any atom is 0.254 e. The normalized spacial score (nSPS) is 12.0. The smallest absolute Gasteiger partial charge is 0.254 e. The van der Waals surface area contributed by atoms with E-state index in [1.54, 1.807) is 0 Å². The van der Waals surface area contributed by atoms with Crippen molar-refractivity contribution in [2.24, 2.45) is 0 Å². The van der Waals surface area contributed by atoms with Crippen molar-refractivity contribution in [2.75, 3.05) is 11.4 Å². The van der Waals surface area contributed by atoms with E-state index in [2.05, 4.69) is 37.9 Å². The lowest BCUT2D eigenvalue weighted by Crippen LogP contribution is -2.38. The van der Waals surface area contributed by atoms with Gasteiger partial charge in [0.1, 0.15) is 12.4 Å². The van der Waals surface area contributed by atoms with Crippen LogP contribution in [0.4, 0.5) is 5.69 Å². The Labute approximate surface area is 204 Å². The van der Waals surface area contributed by atoms with Crippen molar-refractivity contribution in [1.82, 2.24) is 9.55 Å². The summed E-state index contributed by atoms with van der Waals surface area (Å²) in [7, 11) is 0. The second kappa shape index (κ2) is 14.2. The number of aromatic nitrogens is 2. The van der Waals surface area contributed by atoms with Gasteiger partial charge in [-0.1, -0.05) is 59.8 Å². The van der Waals surface area contributed by atoms with Crippen LogP contribution in [0.3, 0.4) is 0 Å². The van der Waals surface area contributed by atoms with Crippen LogP contribution in [0, 0.1) is 6.92 Å². The maximum absolute atomic E-state index is 13.4. The Bertz CT molecular complexity index is 924. The Morgan fingerprint density at radius 3 is 2.39 bits per heavy atom. The molecule has 6 heteroatoms. The molecule has 0 spiro atoms. The van der Waals surface area contributed by atoms with Crippen molar-refractivity contribution in [3.8, 4) is 0 Å². The largest absolute Gasteiger partial charge is 0.311 e. The molecule has 1 aromatic carbocycles. The number of thioether (sulfide) groups is 1. The molecule has 1 unspecified atom stereocenters. The second-order valence-electron chi connectivity index (χ2n) is 8.76. The first-order chi connectivity index (χ1) is 15.9. The quantitative estimate of drug-likeness (QED) is 0.236. The van der Waals surface area contributed by atoms with Gasteiger partial charge in [-0.05, 0) is 44.0 Å². The van der Waals surface area contributed by atoms with Gasteiger partial charge in [-0.2, -0.15) is 0 Å². The van der Waals surface area contributed by atoms with Crippen molar-refractivity contribution in [3.05, 3.63) is 52.2 Å². The molecule has 2 rings (SSSR count). The van der Waals surface area contributed by atoms with Crippen LogP contribution in [0.2, 0.25) is 0 Å². The van der Waals surface area contributed by atoms with E-state index < -0.39 is 0 Å². The lowest BCUT2D eigenvalue weighted by Gasteiger charge is -2.24. The van der Waals surface area contributed by atoms with Gasteiger partial charge >= 0.3 is 0 Å². The van der Waals surface area contributed by atoms with Gasteiger partial charge < -0.3 is 4.90 Å². The zero-order valence-corrected chi connectivity index (χ0v) is 21.9. The van der Waals surface area contributed by atoms with Gasteiger partial charge in [-0.3, -0.25) is 14.2 Å². The van der Waals surface area contributed by atoms with Crippen LogP contribution in [-0.2, 0) is 17.8 Å². The maximum atomic E-state index is 13.4. The molecule has 0 aliphatic rings. The number of benzene rings is 1. The Balaban J connectivity index is 2.21. The molecule has 0 N–H and O–H groups in total. The average molecular weight is 472 g/mol. The SMILES string of the molecule is CCCCCCCN(C(=O)Cn1c(CC)nc(C)cc1=O)c1ccc(SC(C)CCC)cc1. The van der Waals surface area contributed by atoms with E-state index in [9.17, 15) is 9.59 Å². The first kappa shape index (κ1) is 27.2. The number of rotatable bonds is 14. The summed E-state index contributed by atoms with van der Waals surface area (Å²) in [4.78, 5) is 33.6. The summed E-state index contributed by atoms with van der Waals surface area (Å²) in [5, 5.41) is 0.575. The first-order valence-electron chi connectivity index (χ1n) is 12.5. The number of hydrogen-bond donors (Lipinski definition) is 0. The molecule has 1 heterocycles. The van der Waals surface area contributed by atoms with Crippen LogP contribution < -0.4 is 10.5 Å². The van der Waals surface area contributed by atoms with Crippen molar-refractivity contribution < 1.29 is 4.79 Å². The van der Waals surface area contributed by atoms with Crippen molar-refractivity contribution in [1.29, 1.82) is 0 Å². The number of amides is 1. The van der Waals surface area contributed by atoms with Crippen LogP contribution in [0.25, 0.3) is 0 Å². The van der Waals surface area contributed by atoms with Crippen molar-refractivity contribution >= 4 is 23.4 Å². The third-order valence-electron chi connectivity index (χ3n) is 5.79. The van der Waals surface area contributed by atoms with E-state index in [0.29, 0.717) is 29.7 Å². The number of nitrogens with zero attached hydrogens (tertiary/aromatic N) is 3. The molecule has 0 aliphatic carbocycles. The molecular formula is C27H41N3O2S. The third kappa shape index (κ3) is 8.65. The minimum Gasteiger partial charge on any atom is -0.311 e. The van der Waals surface area contributed by atoms with Gasteiger partial charge in [-0.15, -0.1) is 11.8 Å². The zero-order chi connectivity index (χ0) is 24.2. The summed E-state index contributed by atoms with van der Waals surface area (Å²) in [5.41, 5.74) is 1.43. The number of carbonyl (C=O) groups excluding carboxylic acids is 1. The summed E-state index contributed by atoms with van der Waals surface area (Å²) in [6, 6.07) is 9.82. The molecule has 2 aromatic rings. The molecule has 33 heavy (non-hydrogen) atoms. The Hall–Kier alpha value is -2.08. The van der Waals surface area contributed by atoms with Crippen LogP contribution in [-0.4, -0.2) is 27.3 Å². The lowest BCUT2D eigenvalue weighted by atomic mass is 10.1. The van der Waals surface area contributed by atoms with Gasteiger partial charge in [0, 0.05) is 40.6 Å². The van der Waals surface area contributed by atoms with Crippen LogP contribution in [0.5, 0.6) is 0 Å². The molecule has 0 aliphatic heterocycles. The summed E-state index contributed by atoms with van der Waals surface area (Å²) in [5.74, 6) is 0.598. The van der Waals surface area contributed by atoms with Gasteiger partial charge in [0.2, 0.25) is 5.91 Å². The summed E-state index contributed by atoms with van der Waals surface area (Å²) in [6.45, 7) is 11.1. The Morgan fingerprint density at radius 1 is 1.06 bits per heavy atom. The van der Waals surface area contributed by atoms with Crippen molar-refractivity contribution in [2.45, 2.75) is 103 Å². The molecule has 5 nitrogen and oxygen atoms in total. The predicted molar refractivity (Wildman–Crippen MR) is 140 cm³/mol. The van der Waals surface area contributed by atoms with Crippen molar-refractivity contribution in [3.63, 3.8) is 0 Å². The molecule has 1 aromatic heterocycles. The minimum atomic E-state index is -0.160.